The van der Waals surface area contributed by atoms with Crippen LogP contribution in [0.1, 0.15) is 28.8 Å². The quantitative estimate of drug-likeness (QED) is 0.818. The molecule has 0 saturated heterocycles. The number of hydrogen-bond donors (Lipinski definition) is 1. The molecule has 1 N–H and O–H groups in total. The molecule has 0 radical (unpaired) electrons. The molecule has 21 heavy (non-hydrogen) atoms. The van der Waals surface area contributed by atoms with Gasteiger partial charge < -0.3 is 10.2 Å². The van der Waals surface area contributed by atoms with E-state index in [1.807, 2.05) is 14.1 Å². The number of thioether (sulfide) groups is 1. The van der Waals surface area contributed by atoms with E-state index >= 15 is 0 Å². The van der Waals surface area contributed by atoms with E-state index in [1.165, 1.54) is 16.9 Å². The summed E-state index contributed by atoms with van der Waals surface area (Å²) in [6.45, 7) is 0.967. The number of carbonyl (C=O) groups excluding carboxylic acids is 1. The molecule has 0 fully saturated rings. The van der Waals surface area contributed by atoms with Crippen molar-refractivity contribution in [3.8, 4) is 6.07 Å². The Labute approximate surface area is 134 Å². The molecule has 1 aromatic rings. The Hall–Kier alpha value is -1.03. The average Bonchev–Trinajstić information content (AvgIpc) is 2.80. The zero-order chi connectivity index (χ0) is 15.2. The minimum Gasteiger partial charge on any atom is -0.316 e. The Kier molecular flexibility index (Phi) is 6.09. The van der Waals surface area contributed by atoms with Crippen LogP contribution in [-0.4, -0.2) is 43.0 Å². The average molecular weight is 323 g/mol. The molecule has 1 aliphatic rings. The molecule has 114 valence electrons. The fourth-order valence-corrected chi connectivity index (χ4v) is 4.50. The second-order valence-corrected chi connectivity index (χ2v) is 7.64. The van der Waals surface area contributed by atoms with E-state index in [0.717, 1.165) is 36.6 Å². The predicted molar refractivity (Wildman–Crippen MR) is 90.2 cm³/mol. The second kappa shape index (κ2) is 7.83. The summed E-state index contributed by atoms with van der Waals surface area (Å²) in [5.74, 6) is 1.38. The fraction of sp³-hybridized carbons (Fsp3) is 0.600. The number of nitrogens with one attached hydrogen (secondary N) is 1. The van der Waals surface area contributed by atoms with Crippen LogP contribution in [0.3, 0.4) is 0 Å². The summed E-state index contributed by atoms with van der Waals surface area (Å²) < 4.78 is 0. The molecule has 2 rings (SSSR count). The van der Waals surface area contributed by atoms with Crippen LogP contribution >= 0.6 is 23.1 Å². The lowest BCUT2D eigenvalue weighted by Crippen LogP contribution is -2.18. The zero-order valence-electron chi connectivity index (χ0n) is 12.6. The van der Waals surface area contributed by atoms with Gasteiger partial charge in [-0.3, -0.25) is 4.79 Å². The molecule has 4 nitrogen and oxygen atoms in total. The van der Waals surface area contributed by atoms with Gasteiger partial charge >= 0.3 is 0 Å². The van der Waals surface area contributed by atoms with Gasteiger partial charge in [-0.15, -0.1) is 11.3 Å². The first-order valence-corrected chi connectivity index (χ1v) is 9.16. The fourth-order valence-electron chi connectivity index (χ4n) is 2.35. The first-order valence-electron chi connectivity index (χ1n) is 7.18. The minimum atomic E-state index is -0.00569. The van der Waals surface area contributed by atoms with Gasteiger partial charge in [-0.2, -0.15) is 17.0 Å². The van der Waals surface area contributed by atoms with Crippen molar-refractivity contribution in [2.45, 2.75) is 25.7 Å². The van der Waals surface area contributed by atoms with Crippen LogP contribution in [0.4, 0.5) is 5.00 Å². The highest BCUT2D eigenvalue weighted by atomic mass is 32.2. The van der Waals surface area contributed by atoms with Crippen LogP contribution in [0.5, 0.6) is 0 Å². The van der Waals surface area contributed by atoms with Crippen LogP contribution in [0, 0.1) is 11.3 Å². The van der Waals surface area contributed by atoms with Crippen LogP contribution < -0.4 is 5.32 Å². The maximum atomic E-state index is 12.0. The summed E-state index contributed by atoms with van der Waals surface area (Å²) in [4.78, 5) is 15.4. The van der Waals surface area contributed by atoms with Gasteiger partial charge in [-0.05, 0) is 45.3 Å². The maximum Gasteiger partial charge on any atom is 0.235 e. The standard InChI is InChI=1S/C15H21N3OS2/c1-18(2)7-8-20-10-14(19)17-15-12(9-16)11-5-3-4-6-13(11)21-15/h3-8,10H2,1-2H3,(H,17,19). The lowest BCUT2D eigenvalue weighted by Gasteiger charge is -2.09. The molecule has 6 heteroatoms. The molecule has 0 bridgehead atoms. The molecular weight excluding hydrogens is 302 g/mol. The number of thiophene rings is 1. The summed E-state index contributed by atoms with van der Waals surface area (Å²) in [6, 6.07) is 2.27. The molecule has 1 aromatic heterocycles. The second-order valence-electron chi connectivity index (χ2n) is 5.43. The van der Waals surface area contributed by atoms with Crippen molar-refractivity contribution < 1.29 is 4.79 Å². The molecule has 1 amide bonds. The highest BCUT2D eigenvalue weighted by molar-refractivity contribution is 7.99. The van der Waals surface area contributed by atoms with Gasteiger partial charge in [0.25, 0.3) is 0 Å². The molecule has 1 aliphatic carbocycles. The Morgan fingerprint density at radius 2 is 2.19 bits per heavy atom. The Balaban J connectivity index is 1.92. The van der Waals surface area contributed by atoms with Crippen LogP contribution in [-0.2, 0) is 17.6 Å². The number of hydrogen-bond acceptors (Lipinski definition) is 5. The van der Waals surface area contributed by atoms with Crippen LogP contribution in [0.15, 0.2) is 0 Å². The van der Waals surface area contributed by atoms with E-state index in [4.69, 9.17) is 0 Å². The van der Waals surface area contributed by atoms with Crippen molar-refractivity contribution in [3.05, 3.63) is 16.0 Å². The van der Waals surface area contributed by atoms with Crippen molar-refractivity contribution in [3.63, 3.8) is 0 Å². The molecule has 0 aromatic carbocycles. The van der Waals surface area contributed by atoms with E-state index in [2.05, 4.69) is 16.3 Å². The third kappa shape index (κ3) is 4.47. The number of carbonyl (C=O) groups is 1. The van der Waals surface area contributed by atoms with Crippen molar-refractivity contribution in [1.82, 2.24) is 4.90 Å². The van der Waals surface area contributed by atoms with E-state index in [9.17, 15) is 10.1 Å². The first kappa shape index (κ1) is 16.3. The highest BCUT2D eigenvalue weighted by Crippen LogP contribution is 2.37. The predicted octanol–water partition coefficient (Wildman–Crippen LogP) is 2.73. The van der Waals surface area contributed by atoms with Crippen LogP contribution in [0.25, 0.3) is 0 Å². The van der Waals surface area contributed by atoms with Gasteiger partial charge in [0.1, 0.15) is 11.1 Å². The molecule has 0 aliphatic heterocycles. The van der Waals surface area contributed by atoms with Crippen molar-refractivity contribution in [2.75, 3.05) is 37.5 Å². The van der Waals surface area contributed by atoms with Crippen molar-refractivity contribution >= 4 is 34.0 Å². The lowest BCUT2D eigenvalue weighted by molar-refractivity contribution is -0.113. The number of aryl methyl sites for hydroxylation is 1. The van der Waals surface area contributed by atoms with E-state index in [0.29, 0.717) is 11.3 Å². The van der Waals surface area contributed by atoms with Gasteiger partial charge in [0.2, 0.25) is 5.91 Å². The van der Waals surface area contributed by atoms with E-state index in [1.54, 1.807) is 23.1 Å². The van der Waals surface area contributed by atoms with Gasteiger partial charge in [-0.25, -0.2) is 0 Å². The molecule has 1 heterocycles. The van der Waals surface area contributed by atoms with Gasteiger partial charge in [0, 0.05) is 17.2 Å². The summed E-state index contributed by atoms with van der Waals surface area (Å²) in [6.07, 6.45) is 4.35. The number of rotatable bonds is 6. The van der Waals surface area contributed by atoms with Crippen molar-refractivity contribution in [1.29, 1.82) is 5.26 Å². The van der Waals surface area contributed by atoms with Crippen molar-refractivity contribution in [2.24, 2.45) is 0 Å². The lowest BCUT2D eigenvalue weighted by atomic mass is 9.96. The SMILES string of the molecule is CN(C)CCSCC(=O)Nc1sc2c(c1C#N)CCCC2. The third-order valence-electron chi connectivity index (χ3n) is 3.45. The van der Waals surface area contributed by atoms with Crippen LogP contribution in [0.2, 0.25) is 0 Å². The first-order chi connectivity index (χ1) is 10.1. The largest absolute Gasteiger partial charge is 0.316 e. The summed E-state index contributed by atoms with van der Waals surface area (Å²) in [7, 11) is 4.05. The summed E-state index contributed by atoms with van der Waals surface area (Å²) in [5.41, 5.74) is 1.87. The molecular formula is C15H21N3OS2. The Morgan fingerprint density at radius 1 is 1.43 bits per heavy atom. The zero-order valence-corrected chi connectivity index (χ0v) is 14.2. The Morgan fingerprint density at radius 3 is 2.90 bits per heavy atom. The van der Waals surface area contributed by atoms with Gasteiger partial charge in [0.05, 0.1) is 11.3 Å². The van der Waals surface area contributed by atoms with Gasteiger partial charge in [0.15, 0.2) is 0 Å². The highest BCUT2D eigenvalue weighted by Gasteiger charge is 2.21. The molecule has 0 spiro atoms. The number of nitrogens with zero attached hydrogens (tertiary/aromatic N) is 2. The van der Waals surface area contributed by atoms with E-state index in [-0.39, 0.29) is 5.91 Å². The minimum absolute atomic E-state index is 0.00569. The summed E-state index contributed by atoms with van der Waals surface area (Å²) >= 11 is 3.21. The molecule has 0 saturated carbocycles. The van der Waals surface area contributed by atoms with Gasteiger partial charge in [-0.1, -0.05) is 0 Å². The molecule has 0 unspecified atom stereocenters. The van der Waals surface area contributed by atoms with E-state index < -0.39 is 0 Å². The topological polar surface area (TPSA) is 56.1 Å². The summed E-state index contributed by atoms with van der Waals surface area (Å²) in [5, 5.41) is 13.0. The number of nitriles is 1. The normalized spacial score (nSPS) is 13.8. The Bertz CT molecular complexity index is 546. The smallest absolute Gasteiger partial charge is 0.235 e. The number of anilines is 1. The molecule has 0 atom stereocenters. The monoisotopic (exact) mass is 323 g/mol. The number of amides is 1. The maximum absolute atomic E-state index is 12.0. The third-order valence-corrected chi connectivity index (χ3v) is 5.60. The number of fused-ring (bicyclic) bond motifs is 1.